The van der Waals surface area contributed by atoms with E-state index in [1.807, 2.05) is 39.0 Å². The number of anilines is 2. The van der Waals surface area contributed by atoms with Crippen molar-refractivity contribution in [3.05, 3.63) is 42.1 Å². The molecule has 0 saturated heterocycles. The maximum absolute atomic E-state index is 13.3. The normalized spacial score (nSPS) is 11.5. The maximum atomic E-state index is 13.3. The summed E-state index contributed by atoms with van der Waals surface area (Å²) in [6.45, 7) is 3.48. The van der Waals surface area contributed by atoms with Crippen LogP contribution in [0.2, 0.25) is 0 Å². The molecule has 2 heterocycles. The average Bonchev–Trinajstić information content (AvgIpc) is 3.05. The van der Waals surface area contributed by atoms with Crippen LogP contribution in [0, 0.1) is 6.92 Å². The molecule has 0 atom stereocenters. The van der Waals surface area contributed by atoms with Gasteiger partial charge in [-0.05, 0) is 33.2 Å². The minimum Gasteiger partial charge on any atom is -0.370 e. The number of likely N-dealkylation sites (N-methyl/N-ethyl adjacent to an activating group) is 2. The van der Waals surface area contributed by atoms with Crippen LogP contribution in [-0.2, 0) is 9.84 Å². The molecule has 3 rings (SSSR count). The van der Waals surface area contributed by atoms with Crippen molar-refractivity contribution in [2.45, 2.75) is 16.7 Å². The third-order valence-electron chi connectivity index (χ3n) is 4.49. The van der Waals surface area contributed by atoms with Crippen molar-refractivity contribution >= 4 is 39.5 Å². The molecule has 158 valence electrons. The van der Waals surface area contributed by atoms with Crippen LogP contribution in [0.3, 0.4) is 0 Å². The first-order valence-corrected chi connectivity index (χ1v) is 10.5. The van der Waals surface area contributed by atoms with Crippen molar-refractivity contribution in [1.82, 2.24) is 19.5 Å². The van der Waals surface area contributed by atoms with E-state index in [1.54, 1.807) is 41.9 Å². The number of nitrogens with one attached hydrogen (secondary N) is 1. The molecule has 0 saturated carbocycles. The second kappa shape index (κ2) is 8.98. The van der Waals surface area contributed by atoms with Gasteiger partial charge in [0.2, 0.25) is 9.84 Å². The Kier molecular flexibility index (Phi) is 7.10. The van der Waals surface area contributed by atoms with Crippen molar-refractivity contribution in [2.24, 2.45) is 0 Å². The van der Waals surface area contributed by atoms with Crippen molar-refractivity contribution in [3.63, 3.8) is 0 Å². The Hall–Kier alpha value is -2.36. The maximum Gasteiger partial charge on any atom is 0.214 e. The minimum absolute atomic E-state index is 0. The number of halogens is 1. The Morgan fingerprint density at radius 3 is 2.34 bits per heavy atom. The monoisotopic (exact) mass is 438 g/mol. The lowest BCUT2D eigenvalue weighted by molar-refractivity contribution is 0.416. The second-order valence-corrected chi connectivity index (χ2v) is 8.85. The molecule has 0 bridgehead atoms. The van der Waals surface area contributed by atoms with E-state index >= 15 is 0 Å². The quantitative estimate of drug-likeness (QED) is 0.606. The molecule has 0 spiro atoms. The number of rotatable bonds is 7. The van der Waals surface area contributed by atoms with Gasteiger partial charge in [-0.25, -0.2) is 13.4 Å². The van der Waals surface area contributed by atoms with Gasteiger partial charge in [0.15, 0.2) is 16.4 Å². The predicted octanol–water partition coefficient (Wildman–Crippen LogP) is 2.33. The predicted molar refractivity (Wildman–Crippen MR) is 118 cm³/mol. The smallest absolute Gasteiger partial charge is 0.214 e. The summed E-state index contributed by atoms with van der Waals surface area (Å²) >= 11 is 0. The van der Waals surface area contributed by atoms with E-state index in [1.165, 1.54) is 0 Å². The highest BCUT2D eigenvalue weighted by molar-refractivity contribution is 7.91. The number of aryl methyl sites for hydroxylation is 1. The summed E-state index contributed by atoms with van der Waals surface area (Å²) in [5.41, 5.74) is 1.05. The molecule has 1 N–H and O–H groups in total. The fourth-order valence-electron chi connectivity index (χ4n) is 2.96. The second-order valence-electron chi connectivity index (χ2n) is 6.96. The van der Waals surface area contributed by atoms with Crippen LogP contribution in [0.25, 0.3) is 5.65 Å². The topological polar surface area (TPSA) is 82.8 Å². The standard InChI is InChI=1S/C19H26N6O2S.ClH/c1-14-13-16(24(5)12-11-23(3)4)25-19(21-14)17(18(20-2)22-25)28(26,27)15-9-7-6-8-10-15;/h6-10,13H,11-12H2,1-5H3,(H,20,22);1H. The molecule has 1 aromatic carbocycles. The van der Waals surface area contributed by atoms with Gasteiger partial charge in [0.05, 0.1) is 4.90 Å². The fraction of sp³-hybridized carbons (Fsp3) is 0.368. The molecule has 29 heavy (non-hydrogen) atoms. The third kappa shape index (κ3) is 4.47. The Bertz CT molecular complexity index is 1080. The molecule has 0 aliphatic rings. The lowest BCUT2D eigenvalue weighted by atomic mass is 10.4. The Morgan fingerprint density at radius 2 is 1.76 bits per heavy atom. The molecule has 8 nitrogen and oxygen atoms in total. The van der Waals surface area contributed by atoms with Crippen molar-refractivity contribution in [1.29, 1.82) is 0 Å². The largest absolute Gasteiger partial charge is 0.370 e. The average molecular weight is 439 g/mol. The molecule has 10 heteroatoms. The van der Waals surface area contributed by atoms with Gasteiger partial charge in [0.1, 0.15) is 5.82 Å². The highest BCUT2D eigenvalue weighted by Gasteiger charge is 2.29. The Morgan fingerprint density at radius 1 is 1.10 bits per heavy atom. The SMILES string of the molecule is CNc1nn2c(N(C)CCN(C)C)cc(C)nc2c1S(=O)(=O)c1ccccc1.Cl. The van der Waals surface area contributed by atoms with Crippen LogP contribution in [-0.4, -0.2) is 69.2 Å². The first-order chi connectivity index (χ1) is 13.3. The Balaban J connectivity index is 0.00000300. The van der Waals surface area contributed by atoms with Gasteiger partial charge in [-0.1, -0.05) is 18.2 Å². The first kappa shape index (κ1) is 22.9. The van der Waals surface area contributed by atoms with E-state index in [0.29, 0.717) is 5.65 Å². The summed E-state index contributed by atoms with van der Waals surface area (Å²) in [7, 11) is 3.86. The Labute approximate surface area is 177 Å². The number of benzene rings is 1. The molecular formula is C19H27ClN6O2S. The van der Waals surface area contributed by atoms with E-state index in [4.69, 9.17) is 0 Å². The molecule has 0 aliphatic heterocycles. The number of hydrogen-bond donors (Lipinski definition) is 1. The summed E-state index contributed by atoms with van der Waals surface area (Å²) in [6, 6.07) is 10.3. The summed E-state index contributed by atoms with van der Waals surface area (Å²) in [4.78, 5) is 8.96. The van der Waals surface area contributed by atoms with Crippen molar-refractivity contribution in [2.75, 3.05) is 51.5 Å². The zero-order chi connectivity index (χ0) is 20.5. The van der Waals surface area contributed by atoms with Crippen LogP contribution in [0.4, 0.5) is 11.6 Å². The molecule has 0 radical (unpaired) electrons. The number of sulfone groups is 1. The van der Waals surface area contributed by atoms with Gasteiger partial charge in [0, 0.05) is 38.9 Å². The van der Waals surface area contributed by atoms with Gasteiger partial charge in [-0.2, -0.15) is 4.52 Å². The van der Waals surface area contributed by atoms with Gasteiger partial charge < -0.3 is 15.1 Å². The highest BCUT2D eigenvalue weighted by Crippen LogP contribution is 2.32. The molecular weight excluding hydrogens is 412 g/mol. The van der Waals surface area contributed by atoms with Crippen molar-refractivity contribution < 1.29 is 8.42 Å². The van der Waals surface area contributed by atoms with E-state index in [-0.39, 0.29) is 28.0 Å². The molecule has 0 fully saturated rings. The zero-order valence-corrected chi connectivity index (χ0v) is 18.9. The number of fused-ring (bicyclic) bond motifs is 1. The fourth-order valence-corrected chi connectivity index (χ4v) is 4.49. The summed E-state index contributed by atoms with van der Waals surface area (Å²) in [6.07, 6.45) is 0. The van der Waals surface area contributed by atoms with Crippen LogP contribution in [0.15, 0.2) is 46.2 Å². The summed E-state index contributed by atoms with van der Waals surface area (Å²) in [5.74, 6) is 1.07. The molecule has 0 amide bonds. The van der Waals surface area contributed by atoms with E-state index in [2.05, 4.69) is 20.3 Å². The molecule has 0 aliphatic carbocycles. The lowest BCUT2D eigenvalue weighted by Crippen LogP contribution is -2.30. The molecule has 0 unspecified atom stereocenters. The third-order valence-corrected chi connectivity index (χ3v) is 6.29. The highest BCUT2D eigenvalue weighted by atomic mass is 35.5. The van der Waals surface area contributed by atoms with Gasteiger partial charge in [-0.15, -0.1) is 17.5 Å². The van der Waals surface area contributed by atoms with Gasteiger partial charge in [0.25, 0.3) is 0 Å². The molecule has 2 aromatic heterocycles. The van der Waals surface area contributed by atoms with E-state index in [9.17, 15) is 8.42 Å². The van der Waals surface area contributed by atoms with Crippen LogP contribution in [0.1, 0.15) is 5.69 Å². The van der Waals surface area contributed by atoms with Gasteiger partial charge >= 0.3 is 0 Å². The minimum atomic E-state index is -3.79. The lowest BCUT2D eigenvalue weighted by Gasteiger charge is -2.22. The summed E-state index contributed by atoms with van der Waals surface area (Å²) < 4.78 is 28.3. The number of aromatic nitrogens is 3. The summed E-state index contributed by atoms with van der Waals surface area (Å²) in [5, 5.41) is 7.44. The zero-order valence-electron chi connectivity index (χ0n) is 17.2. The van der Waals surface area contributed by atoms with E-state index < -0.39 is 9.84 Å². The van der Waals surface area contributed by atoms with Crippen LogP contribution < -0.4 is 10.2 Å². The van der Waals surface area contributed by atoms with Crippen LogP contribution >= 0.6 is 12.4 Å². The van der Waals surface area contributed by atoms with Crippen molar-refractivity contribution in [3.8, 4) is 0 Å². The van der Waals surface area contributed by atoms with Crippen LogP contribution in [0.5, 0.6) is 0 Å². The molecule has 3 aromatic rings. The number of nitrogens with zero attached hydrogens (tertiary/aromatic N) is 5. The number of hydrogen-bond acceptors (Lipinski definition) is 7. The first-order valence-electron chi connectivity index (χ1n) is 9.00. The van der Waals surface area contributed by atoms with Gasteiger partial charge in [-0.3, -0.25) is 0 Å². The van der Waals surface area contributed by atoms with E-state index in [0.717, 1.165) is 24.6 Å².